The fraction of sp³-hybridized carbons (Fsp3) is 0.500. The molecule has 0 radical (unpaired) electrons. The number of hydrogen-bond donors (Lipinski definition) is 1. The fourth-order valence-corrected chi connectivity index (χ4v) is 0. The molecule has 9 heavy (non-hydrogen) atoms. The second-order valence-electron chi connectivity index (χ2n) is 0.693. The first-order valence-corrected chi connectivity index (χ1v) is 2.34. The van der Waals surface area contributed by atoms with Gasteiger partial charge in [-0.25, -0.2) is 0 Å². The van der Waals surface area contributed by atoms with E-state index in [0.29, 0.717) is 0 Å². The smallest absolute Gasteiger partial charge is 0.550 e. The van der Waals surface area contributed by atoms with Crippen molar-refractivity contribution in [1.82, 2.24) is 0 Å². The van der Waals surface area contributed by atoms with E-state index >= 15 is 0 Å². The van der Waals surface area contributed by atoms with Crippen LogP contribution in [0.25, 0.3) is 0 Å². The number of carboxylic acids is 1. The standard InChI is InChI=1S/C2H4O2.ClHO3.Na/c1-2(3)4;2-1(3)4;/h1H3,(H,3,4);2H;/q;;+1/p-1. The van der Waals surface area contributed by atoms with E-state index in [0.717, 1.165) is 6.92 Å². The molecule has 5 nitrogen and oxygen atoms in total. The maximum absolute atomic E-state index is 8.89. The average Bonchev–Trinajstić information content (AvgIpc) is 1.25. The summed E-state index contributed by atoms with van der Waals surface area (Å²) in [6.07, 6.45) is 0. The van der Waals surface area contributed by atoms with Crippen LogP contribution in [0.3, 0.4) is 0 Å². The van der Waals surface area contributed by atoms with Gasteiger partial charge in [0.15, 0.2) is 0 Å². The molecule has 0 aliphatic rings. The van der Waals surface area contributed by atoms with Crippen molar-refractivity contribution < 1.29 is 64.2 Å². The Kier molecular flexibility index (Phi) is 20.7. The van der Waals surface area contributed by atoms with Gasteiger partial charge in [0.1, 0.15) is 0 Å². The Hall–Kier alpha value is 0.640. The zero-order chi connectivity index (χ0) is 7.15. The van der Waals surface area contributed by atoms with E-state index in [9.17, 15) is 0 Å². The van der Waals surface area contributed by atoms with Gasteiger partial charge in [-0.1, -0.05) is 0 Å². The van der Waals surface area contributed by atoms with Gasteiger partial charge in [0.05, 0.1) is 0 Å². The molecule has 0 rings (SSSR count). The molecule has 0 unspecified atom stereocenters. The maximum atomic E-state index is 8.89. The molecule has 50 valence electrons. The minimum atomic E-state index is -2.60. The summed E-state index contributed by atoms with van der Waals surface area (Å²) in [5.41, 5.74) is 0. The van der Waals surface area contributed by atoms with Gasteiger partial charge in [-0.15, -0.1) is 0 Å². The summed E-state index contributed by atoms with van der Waals surface area (Å²) in [4.78, 5) is 8.89. The summed E-state index contributed by atoms with van der Waals surface area (Å²) in [6, 6.07) is 0. The van der Waals surface area contributed by atoms with Gasteiger partial charge in [-0.05, 0) is 6.92 Å². The van der Waals surface area contributed by atoms with E-state index in [4.69, 9.17) is 23.9 Å². The number of rotatable bonds is 0. The van der Waals surface area contributed by atoms with Gasteiger partial charge in [0.25, 0.3) is 10.8 Å². The van der Waals surface area contributed by atoms with Crippen LogP contribution < -0.4 is 44.0 Å². The summed E-state index contributed by atoms with van der Waals surface area (Å²) in [5.74, 6) is -1.08. The van der Waals surface area contributed by atoms with E-state index < -0.39 is 16.8 Å². The Morgan fingerprint density at radius 1 is 1.56 bits per heavy atom. The molecule has 0 fully saturated rings. The van der Waals surface area contributed by atoms with Crippen LogP contribution >= 0.6 is 0 Å². The number of aliphatic carboxylic acids is 1. The number of carboxylic acid groups (broad SMARTS) is 1. The van der Waals surface area contributed by atoms with Crippen molar-refractivity contribution in [1.29, 1.82) is 0 Å². The van der Waals surface area contributed by atoms with Crippen molar-refractivity contribution in [2.24, 2.45) is 0 Å². The van der Waals surface area contributed by atoms with Gasteiger partial charge in [0, 0.05) is 10.6 Å². The summed E-state index contributed by atoms with van der Waals surface area (Å²) >= 11 is 0. The zero-order valence-corrected chi connectivity index (χ0v) is 7.71. The molecule has 0 aliphatic heterocycles. The summed E-state index contributed by atoms with van der Waals surface area (Å²) in [5, 5.41) is 8.89. The Bertz CT molecular complexity index is 59.2. The predicted octanol–water partition coefficient (Wildman–Crippen LogP) is -7.17. The molecule has 0 atom stereocenters. The molecule has 0 bridgehead atoms. The summed E-state index contributed by atoms with van der Waals surface area (Å²) in [7, 11) is -2.60. The number of carbonyl (C=O) groups excluding carboxylic acids is 1. The van der Waals surface area contributed by atoms with E-state index in [1.165, 1.54) is 0 Å². The van der Waals surface area contributed by atoms with E-state index in [-0.39, 0.29) is 29.6 Å². The predicted molar refractivity (Wildman–Crippen MR) is 12.9 cm³/mol. The van der Waals surface area contributed by atoms with Crippen molar-refractivity contribution >= 4 is 5.97 Å². The first-order valence-electron chi connectivity index (χ1n) is 1.39. The summed E-state index contributed by atoms with van der Waals surface area (Å²) < 4.78 is 24.0. The molecular formula is C2H4ClNaO5. The molecule has 0 aromatic heterocycles. The van der Waals surface area contributed by atoms with Gasteiger partial charge in [0.2, 0.25) is 0 Å². The van der Waals surface area contributed by atoms with Gasteiger partial charge >= 0.3 is 29.6 Å². The van der Waals surface area contributed by atoms with E-state index in [1.54, 1.807) is 0 Å². The Morgan fingerprint density at radius 2 is 1.56 bits per heavy atom. The molecule has 0 spiro atoms. The van der Waals surface area contributed by atoms with Gasteiger partial charge in [-0.2, -0.15) is 0 Å². The quantitative estimate of drug-likeness (QED) is 0.360. The second kappa shape index (κ2) is 11.4. The third kappa shape index (κ3) is 930. The van der Waals surface area contributed by atoms with Crippen molar-refractivity contribution in [3.63, 3.8) is 0 Å². The topological polar surface area (TPSA) is 106 Å². The van der Waals surface area contributed by atoms with E-state index in [2.05, 4.69) is 0 Å². The van der Waals surface area contributed by atoms with Crippen molar-refractivity contribution in [2.75, 3.05) is 0 Å². The molecule has 0 aliphatic carbocycles. The first kappa shape index (κ1) is 16.3. The molecule has 0 saturated heterocycles. The minimum absolute atomic E-state index is 0. The zero-order valence-electron chi connectivity index (χ0n) is 4.96. The largest absolute Gasteiger partial charge is 1.00 e. The van der Waals surface area contributed by atoms with Crippen LogP contribution in [-0.4, -0.2) is 10.6 Å². The summed E-state index contributed by atoms with van der Waals surface area (Å²) in [6.45, 7) is 0.972. The molecule has 7 heteroatoms. The number of carbonyl (C=O) groups is 1. The third-order valence-electron chi connectivity index (χ3n) is 0. The van der Waals surface area contributed by atoms with E-state index in [1.807, 2.05) is 0 Å². The Labute approximate surface area is 77.0 Å². The first-order chi connectivity index (χ1) is 3.46. The van der Waals surface area contributed by atoms with Crippen molar-refractivity contribution in [3.8, 4) is 0 Å². The SMILES string of the molecule is CC(=O)[O-].[Na+].[O-][Cl+2]([O-])O. The minimum Gasteiger partial charge on any atom is -0.550 e. The van der Waals surface area contributed by atoms with Crippen LogP contribution in [0.15, 0.2) is 0 Å². The van der Waals surface area contributed by atoms with Gasteiger partial charge in [-0.3, -0.25) is 0 Å². The molecule has 0 amide bonds. The van der Waals surface area contributed by atoms with Crippen LogP contribution in [0, 0.1) is 10.8 Å². The number of hydrogen-bond acceptors (Lipinski definition) is 5. The van der Waals surface area contributed by atoms with Crippen LogP contribution in [0.1, 0.15) is 6.92 Å². The Morgan fingerprint density at radius 3 is 1.56 bits per heavy atom. The van der Waals surface area contributed by atoms with Crippen LogP contribution in [0.4, 0.5) is 0 Å². The molecule has 0 aromatic rings. The van der Waals surface area contributed by atoms with Crippen molar-refractivity contribution in [2.45, 2.75) is 6.92 Å². The average molecular weight is 166 g/mol. The van der Waals surface area contributed by atoms with Crippen molar-refractivity contribution in [3.05, 3.63) is 0 Å². The van der Waals surface area contributed by atoms with Crippen LogP contribution in [0.2, 0.25) is 0 Å². The second-order valence-corrected chi connectivity index (χ2v) is 1.09. The monoisotopic (exact) mass is 166 g/mol. The normalized spacial score (nSPS) is 6.78. The van der Waals surface area contributed by atoms with Crippen LogP contribution in [-0.2, 0) is 4.79 Å². The molecule has 0 heterocycles. The fourth-order valence-electron chi connectivity index (χ4n) is 0. The third-order valence-corrected chi connectivity index (χ3v) is 0. The van der Waals surface area contributed by atoms with Crippen LogP contribution in [0.5, 0.6) is 0 Å². The molecular weight excluding hydrogens is 162 g/mol. The Balaban J connectivity index is -0.0000000720. The van der Waals surface area contributed by atoms with Gasteiger partial charge < -0.3 is 19.2 Å². The maximum Gasteiger partial charge on any atom is 1.00 e. The molecule has 1 N–H and O–H groups in total. The molecule has 0 aromatic carbocycles. The molecule has 0 saturated carbocycles. The number of halogens is 1.